The minimum Gasteiger partial charge on any atom is -0.496 e. The second-order valence-corrected chi connectivity index (χ2v) is 8.54. The Hall–Kier alpha value is -3.25. The van der Waals surface area contributed by atoms with Crippen LogP contribution in [0.5, 0.6) is 5.75 Å². The molecule has 2 aromatic heterocycles. The number of halogens is 1. The normalized spacial score (nSPS) is 16.4. The van der Waals surface area contributed by atoms with E-state index in [0.717, 1.165) is 52.4 Å². The summed E-state index contributed by atoms with van der Waals surface area (Å²) < 4.78 is 11.5. The van der Waals surface area contributed by atoms with Crippen molar-refractivity contribution in [3.8, 4) is 5.75 Å². The van der Waals surface area contributed by atoms with Gasteiger partial charge in [0.05, 0.1) is 19.2 Å². The van der Waals surface area contributed by atoms with Gasteiger partial charge in [-0.25, -0.2) is 4.98 Å². The van der Waals surface area contributed by atoms with Gasteiger partial charge in [0.1, 0.15) is 17.2 Å². The third-order valence-corrected chi connectivity index (χ3v) is 6.39. The highest BCUT2D eigenvalue weighted by Crippen LogP contribution is 2.30. The standard InChI is InChI=1S/C25H24ClN3O3/c1-31-23-10-4-9-21-19(23)13-22(28-21)25(30)29-11-5-7-17(15-29)24-27-14-18(32-24)12-16-6-2-3-8-20(16)26/h2-4,6,8-10,13-14,17,28H,5,7,11-12,15H2,1H3/t17-/m0/s1. The van der Waals surface area contributed by atoms with Crippen LogP contribution in [0.4, 0.5) is 0 Å². The Morgan fingerprint density at radius 1 is 1.28 bits per heavy atom. The smallest absolute Gasteiger partial charge is 0.270 e. The van der Waals surface area contributed by atoms with E-state index in [9.17, 15) is 4.79 Å². The molecule has 6 nitrogen and oxygen atoms in total. The van der Waals surface area contributed by atoms with E-state index < -0.39 is 0 Å². The van der Waals surface area contributed by atoms with Crippen molar-refractivity contribution in [2.75, 3.05) is 20.2 Å². The maximum absolute atomic E-state index is 13.2. The number of amides is 1. The van der Waals surface area contributed by atoms with Crippen molar-refractivity contribution < 1.29 is 13.9 Å². The summed E-state index contributed by atoms with van der Waals surface area (Å²) in [6.45, 7) is 1.30. The monoisotopic (exact) mass is 449 g/mol. The van der Waals surface area contributed by atoms with Gasteiger partial charge in [-0.05, 0) is 42.7 Å². The summed E-state index contributed by atoms with van der Waals surface area (Å²) in [7, 11) is 1.63. The van der Waals surface area contributed by atoms with Gasteiger partial charge in [0, 0.05) is 35.4 Å². The number of H-pyrrole nitrogens is 1. The molecule has 0 radical (unpaired) electrons. The Kier molecular flexibility index (Phi) is 5.62. The van der Waals surface area contributed by atoms with E-state index in [-0.39, 0.29) is 11.8 Å². The van der Waals surface area contributed by atoms with Gasteiger partial charge in [0.2, 0.25) is 0 Å². The van der Waals surface area contributed by atoms with Crippen LogP contribution in [0.1, 0.15) is 46.5 Å². The fourth-order valence-corrected chi connectivity index (χ4v) is 4.58. The third-order valence-electron chi connectivity index (χ3n) is 6.03. The maximum atomic E-state index is 13.2. The molecule has 7 heteroatoms. The zero-order valence-electron chi connectivity index (χ0n) is 17.8. The van der Waals surface area contributed by atoms with Crippen LogP contribution >= 0.6 is 11.6 Å². The second kappa shape index (κ2) is 8.71. The summed E-state index contributed by atoms with van der Waals surface area (Å²) in [4.78, 5) is 22.8. The first-order valence-corrected chi connectivity index (χ1v) is 11.1. The summed E-state index contributed by atoms with van der Waals surface area (Å²) in [6.07, 6.45) is 4.21. The van der Waals surface area contributed by atoms with Crippen LogP contribution in [-0.4, -0.2) is 41.0 Å². The van der Waals surface area contributed by atoms with Gasteiger partial charge in [-0.1, -0.05) is 35.9 Å². The van der Waals surface area contributed by atoms with Gasteiger partial charge in [-0.3, -0.25) is 4.79 Å². The van der Waals surface area contributed by atoms with Crippen molar-refractivity contribution >= 4 is 28.4 Å². The lowest BCUT2D eigenvalue weighted by atomic mass is 9.97. The predicted octanol–water partition coefficient (Wildman–Crippen LogP) is 5.43. The van der Waals surface area contributed by atoms with Crippen LogP contribution in [0.15, 0.2) is 59.1 Å². The van der Waals surface area contributed by atoms with E-state index in [2.05, 4.69) is 9.97 Å². The van der Waals surface area contributed by atoms with Crippen molar-refractivity contribution in [2.45, 2.75) is 25.2 Å². The number of aromatic amines is 1. The van der Waals surface area contributed by atoms with E-state index in [1.54, 1.807) is 13.3 Å². The third kappa shape index (κ3) is 3.98. The van der Waals surface area contributed by atoms with Crippen LogP contribution in [0.3, 0.4) is 0 Å². The lowest BCUT2D eigenvalue weighted by Gasteiger charge is -2.31. The van der Waals surface area contributed by atoms with E-state index in [4.69, 9.17) is 20.8 Å². The summed E-state index contributed by atoms with van der Waals surface area (Å²) in [5.74, 6) is 2.27. The fourth-order valence-electron chi connectivity index (χ4n) is 4.38. The summed E-state index contributed by atoms with van der Waals surface area (Å²) >= 11 is 6.27. The van der Waals surface area contributed by atoms with Crippen LogP contribution in [0.2, 0.25) is 5.02 Å². The van der Waals surface area contributed by atoms with Gasteiger partial charge in [0.15, 0.2) is 5.89 Å². The highest BCUT2D eigenvalue weighted by atomic mass is 35.5. The number of hydrogen-bond acceptors (Lipinski definition) is 4. The molecule has 0 saturated carbocycles. The zero-order chi connectivity index (χ0) is 22.1. The molecular formula is C25H24ClN3O3. The molecule has 1 saturated heterocycles. The molecule has 0 aliphatic carbocycles. The van der Waals surface area contributed by atoms with E-state index >= 15 is 0 Å². The van der Waals surface area contributed by atoms with Crippen molar-refractivity contribution in [2.24, 2.45) is 0 Å². The number of fused-ring (bicyclic) bond motifs is 1. The van der Waals surface area contributed by atoms with Gasteiger partial charge in [-0.15, -0.1) is 0 Å². The number of likely N-dealkylation sites (tertiary alicyclic amines) is 1. The number of carbonyl (C=O) groups is 1. The van der Waals surface area contributed by atoms with Crippen LogP contribution < -0.4 is 4.74 Å². The number of oxazole rings is 1. The van der Waals surface area contributed by atoms with Crippen LogP contribution in [0.25, 0.3) is 10.9 Å². The van der Waals surface area contributed by atoms with E-state index in [0.29, 0.717) is 24.6 Å². The van der Waals surface area contributed by atoms with Crippen LogP contribution in [0, 0.1) is 0 Å². The molecule has 4 aromatic rings. The number of carbonyl (C=O) groups excluding carboxylic acids is 1. The number of benzene rings is 2. The second-order valence-electron chi connectivity index (χ2n) is 8.13. The first-order valence-electron chi connectivity index (χ1n) is 10.8. The number of nitrogens with one attached hydrogen (secondary N) is 1. The molecule has 5 rings (SSSR count). The van der Waals surface area contributed by atoms with E-state index in [1.165, 1.54) is 0 Å². The van der Waals surface area contributed by atoms with Crippen molar-refractivity contribution in [3.63, 3.8) is 0 Å². The summed E-state index contributed by atoms with van der Waals surface area (Å²) in [5.41, 5.74) is 2.46. The number of nitrogens with zero attached hydrogens (tertiary/aromatic N) is 2. The summed E-state index contributed by atoms with van der Waals surface area (Å²) in [5, 5.41) is 1.62. The molecule has 1 amide bonds. The van der Waals surface area contributed by atoms with Gasteiger partial charge >= 0.3 is 0 Å². The molecule has 0 unspecified atom stereocenters. The molecule has 1 aliphatic heterocycles. The average molecular weight is 450 g/mol. The number of piperidine rings is 1. The molecule has 0 spiro atoms. The first-order chi connectivity index (χ1) is 15.6. The summed E-state index contributed by atoms with van der Waals surface area (Å²) in [6, 6.07) is 15.3. The average Bonchev–Trinajstić information content (AvgIpc) is 3.47. The molecule has 32 heavy (non-hydrogen) atoms. The maximum Gasteiger partial charge on any atom is 0.270 e. The Balaban J connectivity index is 1.31. The first kappa shape index (κ1) is 20.6. The SMILES string of the molecule is COc1cccc2[nH]c(C(=O)N3CCC[C@H](c4ncc(Cc5ccccc5Cl)o4)C3)cc12. The Bertz CT molecular complexity index is 1260. The minimum atomic E-state index is -0.0178. The van der Waals surface area contributed by atoms with Gasteiger partial charge in [0.25, 0.3) is 5.91 Å². The van der Waals surface area contributed by atoms with Crippen LogP contribution in [-0.2, 0) is 6.42 Å². The minimum absolute atomic E-state index is 0.0178. The highest BCUT2D eigenvalue weighted by molar-refractivity contribution is 6.31. The highest BCUT2D eigenvalue weighted by Gasteiger charge is 2.29. The molecule has 1 aliphatic rings. The lowest BCUT2D eigenvalue weighted by Crippen LogP contribution is -2.39. The largest absolute Gasteiger partial charge is 0.496 e. The van der Waals surface area contributed by atoms with Crippen molar-refractivity contribution in [1.29, 1.82) is 0 Å². The number of rotatable bonds is 5. The Morgan fingerprint density at radius 3 is 3.00 bits per heavy atom. The molecule has 3 heterocycles. The molecule has 1 fully saturated rings. The molecule has 0 bridgehead atoms. The van der Waals surface area contributed by atoms with Gasteiger partial charge in [-0.2, -0.15) is 0 Å². The quantitative estimate of drug-likeness (QED) is 0.441. The topological polar surface area (TPSA) is 71.4 Å². The number of hydrogen-bond donors (Lipinski definition) is 1. The molecule has 1 N–H and O–H groups in total. The number of ether oxygens (including phenoxy) is 1. The van der Waals surface area contributed by atoms with Gasteiger partial charge < -0.3 is 19.0 Å². The molecule has 164 valence electrons. The fraction of sp³-hybridized carbons (Fsp3) is 0.280. The number of methoxy groups -OCH3 is 1. The van der Waals surface area contributed by atoms with E-state index in [1.807, 2.05) is 53.4 Å². The Labute approximate surface area is 191 Å². The van der Waals surface area contributed by atoms with Crippen molar-refractivity contribution in [3.05, 3.63) is 82.7 Å². The van der Waals surface area contributed by atoms with Crippen molar-refractivity contribution in [1.82, 2.24) is 14.9 Å². The molecule has 2 aromatic carbocycles. The molecule has 1 atom stereocenters. The predicted molar refractivity (Wildman–Crippen MR) is 123 cm³/mol. The Morgan fingerprint density at radius 2 is 2.16 bits per heavy atom. The molecular weight excluding hydrogens is 426 g/mol. The zero-order valence-corrected chi connectivity index (χ0v) is 18.6. The number of aromatic nitrogens is 2. The lowest BCUT2D eigenvalue weighted by molar-refractivity contribution is 0.0693.